The first-order chi connectivity index (χ1) is 12.6. The van der Waals surface area contributed by atoms with Crippen molar-refractivity contribution in [3.63, 3.8) is 0 Å². The van der Waals surface area contributed by atoms with E-state index in [9.17, 15) is 23.3 Å². The van der Waals surface area contributed by atoms with Crippen molar-refractivity contribution >= 4 is 34.1 Å². The minimum atomic E-state index is -3.97. The van der Waals surface area contributed by atoms with Crippen LogP contribution in [-0.4, -0.2) is 49.4 Å². The highest BCUT2D eigenvalue weighted by Crippen LogP contribution is 2.31. The van der Waals surface area contributed by atoms with Crippen LogP contribution in [0, 0.1) is 23.0 Å². The highest BCUT2D eigenvalue weighted by Gasteiger charge is 2.33. The van der Waals surface area contributed by atoms with Gasteiger partial charge < -0.3 is 10.5 Å². The Hall–Kier alpha value is -1.75. The minimum absolute atomic E-state index is 0. The number of ether oxygens (including phenoxy) is 1. The number of rotatable bonds is 6. The number of nitrogens with zero attached hydrogens (tertiary/aromatic N) is 2. The third-order valence-corrected chi connectivity index (χ3v) is 6.80. The molecule has 1 fully saturated rings. The summed E-state index contributed by atoms with van der Waals surface area (Å²) in [5.74, 6) is -0.551. The minimum Gasteiger partial charge on any atom is -0.462 e. The molecule has 28 heavy (non-hydrogen) atoms. The number of nitro benzene ring substituents is 1. The van der Waals surface area contributed by atoms with Crippen LogP contribution in [0.25, 0.3) is 0 Å². The fourth-order valence-electron chi connectivity index (χ4n) is 3.22. The SMILES string of the molecule is CCOC(=O)c1cc(S(=O)(=O)N2CCC(C(C)N)CC2)cc([N+](=O)[O-])c1C.Cl. The molecule has 9 nitrogen and oxygen atoms in total. The number of sulfonamides is 1. The van der Waals surface area contributed by atoms with E-state index in [2.05, 4.69) is 0 Å². The lowest BCUT2D eigenvalue weighted by Gasteiger charge is -2.33. The average molecular weight is 436 g/mol. The summed E-state index contributed by atoms with van der Waals surface area (Å²) in [5.41, 5.74) is 5.42. The second kappa shape index (κ2) is 9.64. The molecule has 158 valence electrons. The van der Waals surface area contributed by atoms with Gasteiger partial charge in [0.15, 0.2) is 0 Å². The Labute approximate surface area is 170 Å². The predicted octanol–water partition coefficient (Wildman–Crippen LogP) is 2.25. The van der Waals surface area contributed by atoms with E-state index in [0.29, 0.717) is 12.8 Å². The molecule has 1 aromatic rings. The van der Waals surface area contributed by atoms with Gasteiger partial charge in [0.2, 0.25) is 10.0 Å². The van der Waals surface area contributed by atoms with Gasteiger partial charge in [0, 0.05) is 30.8 Å². The Bertz CT molecular complexity index is 836. The van der Waals surface area contributed by atoms with E-state index in [1.807, 2.05) is 6.92 Å². The zero-order valence-electron chi connectivity index (χ0n) is 16.1. The van der Waals surface area contributed by atoms with Gasteiger partial charge in [0.05, 0.1) is 22.0 Å². The summed E-state index contributed by atoms with van der Waals surface area (Å²) < 4.78 is 32.2. The van der Waals surface area contributed by atoms with E-state index in [1.165, 1.54) is 11.2 Å². The first-order valence-corrected chi connectivity index (χ1v) is 10.3. The molecule has 2 N–H and O–H groups in total. The second-order valence-electron chi connectivity index (χ2n) is 6.69. The summed E-state index contributed by atoms with van der Waals surface area (Å²) >= 11 is 0. The zero-order valence-corrected chi connectivity index (χ0v) is 17.7. The van der Waals surface area contributed by atoms with Crippen molar-refractivity contribution in [1.29, 1.82) is 0 Å². The van der Waals surface area contributed by atoms with Crippen LogP contribution in [-0.2, 0) is 14.8 Å². The van der Waals surface area contributed by atoms with E-state index in [0.717, 1.165) is 12.1 Å². The molecule has 1 heterocycles. The Morgan fingerprint density at radius 1 is 1.39 bits per heavy atom. The zero-order chi connectivity index (χ0) is 20.4. The van der Waals surface area contributed by atoms with Gasteiger partial charge in [-0.15, -0.1) is 12.4 Å². The highest BCUT2D eigenvalue weighted by atomic mass is 35.5. The Morgan fingerprint density at radius 3 is 2.43 bits per heavy atom. The quantitative estimate of drug-likeness (QED) is 0.411. The summed E-state index contributed by atoms with van der Waals surface area (Å²) in [7, 11) is -3.97. The van der Waals surface area contributed by atoms with E-state index in [4.69, 9.17) is 10.5 Å². The monoisotopic (exact) mass is 435 g/mol. The third kappa shape index (κ3) is 4.99. The molecule has 0 radical (unpaired) electrons. The number of carbonyl (C=O) groups excluding carboxylic acids is 1. The average Bonchev–Trinajstić information content (AvgIpc) is 2.61. The topological polar surface area (TPSA) is 133 Å². The van der Waals surface area contributed by atoms with Gasteiger partial charge in [-0.1, -0.05) is 0 Å². The summed E-state index contributed by atoms with van der Waals surface area (Å²) in [5, 5.41) is 11.4. The lowest BCUT2D eigenvalue weighted by molar-refractivity contribution is -0.385. The van der Waals surface area contributed by atoms with Gasteiger partial charge in [0.1, 0.15) is 0 Å². The molecule has 1 unspecified atom stereocenters. The number of benzene rings is 1. The van der Waals surface area contributed by atoms with Gasteiger partial charge >= 0.3 is 5.97 Å². The molecule has 2 rings (SSSR count). The number of hydrogen-bond acceptors (Lipinski definition) is 7. The molecule has 0 saturated carbocycles. The normalized spacial score (nSPS) is 16.9. The molecule has 1 aliphatic heterocycles. The molecule has 1 aromatic carbocycles. The van der Waals surface area contributed by atoms with E-state index in [-0.39, 0.29) is 60.1 Å². The lowest BCUT2D eigenvalue weighted by atomic mass is 9.92. The number of piperidine rings is 1. The van der Waals surface area contributed by atoms with Crippen LogP contribution in [0.3, 0.4) is 0 Å². The second-order valence-corrected chi connectivity index (χ2v) is 8.63. The molecule has 0 bridgehead atoms. The number of nitrogens with two attached hydrogens (primary N) is 1. The maximum atomic E-state index is 13.0. The van der Waals surface area contributed by atoms with Crippen molar-refractivity contribution in [3.05, 3.63) is 33.4 Å². The maximum Gasteiger partial charge on any atom is 0.338 e. The predicted molar refractivity (Wildman–Crippen MR) is 106 cm³/mol. The van der Waals surface area contributed by atoms with Crippen LogP contribution < -0.4 is 5.73 Å². The standard InChI is InChI=1S/C17H25N3O6S.ClH/c1-4-26-17(21)15-9-14(10-16(11(15)2)20(22)23)27(24,25)19-7-5-13(6-8-19)12(3)18;/h9-10,12-13H,4-8,18H2,1-3H3;1H. The Balaban J connectivity index is 0.00000392. The van der Waals surface area contributed by atoms with Gasteiger partial charge in [0.25, 0.3) is 5.69 Å². The number of carbonyl (C=O) groups is 1. The van der Waals surface area contributed by atoms with Crippen LogP contribution >= 0.6 is 12.4 Å². The van der Waals surface area contributed by atoms with Crippen molar-refractivity contribution in [1.82, 2.24) is 4.31 Å². The van der Waals surface area contributed by atoms with Crippen molar-refractivity contribution in [3.8, 4) is 0 Å². The highest BCUT2D eigenvalue weighted by molar-refractivity contribution is 7.89. The van der Waals surface area contributed by atoms with Crippen LogP contribution in [0.2, 0.25) is 0 Å². The van der Waals surface area contributed by atoms with Gasteiger partial charge in [-0.3, -0.25) is 10.1 Å². The fraction of sp³-hybridized carbons (Fsp3) is 0.588. The first kappa shape index (κ1) is 24.3. The summed E-state index contributed by atoms with van der Waals surface area (Å²) in [6.07, 6.45) is 1.24. The fourth-order valence-corrected chi connectivity index (χ4v) is 4.74. The number of hydrogen-bond donors (Lipinski definition) is 1. The maximum absolute atomic E-state index is 13.0. The van der Waals surface area contributed by atoms with Crippen LogP contribution in [0.1, 0.15) is 42.6 Å². The van der Waals surface area contributed by atoms with Crippen molar-refractivity contribution in [2.24, 2.45) is 11.7 Å². The van der Waals surface area contributed by atoms with E-state index >= 15 is 0 Å². The smallest absolute Gasteiger partial charge is 0.338 e. The van der Waals surface area contributed by atoms with Crippen molar-refractivity contribution in [2.45, 2.75) is 44.6 Å². The molecule has 1 aliphatic rings. The molecule has 1 atom stereocenters. The van der Waals surface area contributed by atoms with Gasteiger partial charge in [-0.25, -0.2) is 13.2 Å². The summed E-state index contributed by atoms with van der Waals surface area (Å²) in [6.45, 7) is 5.53. The van der Waals surface area contributed by atoms with Crippen molar-refractivity contribution < 1.29 is 22.9 Å². The summed E-state index contributed by atoms with van der Waals surface area (Å²) in [6, 6.07) is 2.14. The molecule has 0 amide bonds. The Kier molecular flexibility index (Phi) is 8.36. The first-order valence-electron chi connectivity index (χ1n) is 8.81. The third-order valence-electron chi connectivity index (χ3n) is 4.93. The summed E-state index contributed by atoms with van der Waals surface area (Å²) in [4.78, 5) is 22.5. The number of halogens is 1. The molecule has 1 saturated heterocycles. The Morgan fingerprint density at radius 2 is 1.96 bits per heavy atom. The molecular weight excluding hydrogens is 410 g/mol. The van der Waals surface area contributed by atoms with E-state index < -0.39 is 26.6 Å². The number of esters is 1. The van der Waals surface area contributed by atoms with Gasteiger partial charge in [-0.05, 0) is 45.6 Å². The van der Waals surface area contributed by atoms with Gasteiger partial charge in [-0.2, -0.15) is 4.31 Å². The van der Waals surface area contributed by atoms with Crippen LogP contribution in [0.15, 0.2) is 17.0 Å². The van der Waals surface area contributed by atoms with E-state index in [1.54, 1.807) is 6.92 Å². The molecule has 11 heteroatoms. The van der Waals surface area contributed by atoms with Crippen molar-refractivity contribution in [2.75, 3.05) is 19.7 Å². The van der Waals surface area contributed by atoms with Crippen LogP contribution in [0.4, 0.5) is 5.69 Å². The molecule has 0 aromatic heterocycles. The molecule has 0 spiro atoms. The number of nitro groups is 1. The molecule has 0 aliphatic carbocycles. The van der Waals surface area contributed by atoms with Crippen LogP contribution in [0.5, 0.6) is 0 Å². The lowest BCUT2D eigenvalue weighted by Crippen LogP contribution is -2.42. The largest absolute Gasteiger partial charge is 0.462 e. The molecular formula is C17H26ClN3O6S.